The summed E-state index contributed by atoms with van der Waals surface area (Å²) in [6.07, 6.45) is 1.59. The summed E-state index contributed by atoms with van der Waals surface area (Å²) in [5.41, 5.74) is 2.59. The number of nitriles is 1. The smallest absolute Gasteiger partial charge is 0.253 e. The van der Waals surface area contributed by atoms with Gasteiger partial charge in [0.15, 0.2) is 0 Å². The standard InChI is InChI=1S/C17H22N6O2/c1-11-13(8-12(9-18)21-11)17(24)19-10-15-16(22(2)6-7-25-15)14-4-5-20-23(14)3/h4-5,8,15-16,21H,6-7,10H2,1-3H3,(H,19,24)/t15-,16-/m0/s1. The summed E-state index contributed by atoms with van der Waals surface area (Å²) >= 11 is 0. The summed E-state index contributed by atoms with van der Waals surface area (Å²) < 4.78 is 7.76. The van der Waals surface area contributed by atoms with E-state index in [9.17, 15) is 4.79 Å². The highest BCUT2D eigenvalue weighted by Gasteiger charge is 2.33. The quantitative estimate of drug-likeness (QED) is 0.853. The van der Waals surface area contributed by atoms with E-state index in [2.05, 4.69) is 20.3 Å². The van der Waals surface area contributed by atoms with Gasteiger partial charge in [-0.05, 0) is 26.1 Å². The van der Waals surface area contributed by atoms with Crippen molar-refractivity contribution in [1.29, 1.82) is 5.26 Å². The molecule has 0 aliphatic carbocycles. The van der Waals surface area contributed by atoms with E-state index < -0.39 is 0 Å². The highest BCUT2D eigenvalue weighted by molar-refractivity contribution is 5.95. The summed E-state index contributed by atoms with van der Waals surface area (Å²) in [7, 11) is 3.95. The number of likely N-dealkylation sites (N-methyl/N-ethyl adjacent to an activating group) is 1. The summed E-state index contributed by atoms with van der Waals surface area (Å²) in [5.74, 6) is -0.212. The van der Waals surface area contributed by atoms with Crippen LogP contribution in [0.3, 0.4) is 0 Å². The monoisotopic (exact) mass is 342 g/mol. The van der Waals surface area contributed by atoms with Crippen molar-refractivity contribution in [2.45, 2.75) is 19.1 Å². The Hall–Kier alpha value is -2.63. The fourth-order valence-corrected chi connectivity index (χ4v) is 3.27. The second-order valence-corrected chi connectivity index (χ2v) is 6.26. The number of hydrogen-bond acceptors (Lipinski definition) is 5. The van der Waals surface area contributed by atoms with Gasteiger partial charge in [-0.2, -0.15) is 10.4 Å². The predicted molar refractivity (Wildman–Crippen MR) is 90.9 cm³/mol. The van der Waals surface area contributed by atoms with Crippen LogP contribution >= 0.6 is 0 Å². The number of aromatic nitrogens is 3. The predicted octanol–water partition coefficient (Wildman–Crippen LogP) is 0.730. The number of aromatic amines is 1. The zero-order valence-electron chi connectivity index (χ0n) is 14.6. The third kappa shape index (κ3) is 3.43. The number of hydrogen-bond donors (Lipinski definition) is 2. The third-order valence-corrected chi connectivity index (χ3v) is 4.61. The highest BCUT2D eigenvalue weighted by Crippen LogP contribution is 2.27. The van der Waals surface area contributed by atoms with Gasteiger partial charge in [-0.1, -0.05) is 0 Å². The molecule has 2 atom stereocenters. The molecule has 0 spiro atoms. The number of aryl methyl sites for hydroxylation is 2. The molecule has 132 valence electrons. The Kier molecular flexibility index (Phi) is 4.88. The molecule has 0 radical (unpaired) electrons. The highest BCUT2D eigenvalue weighted by atomic mass is 16.5. The van der Waals surface area contributed by atoms with Gasteiger partial charge in [0.05, 0.1) is 30.0 Å². The van der Waals surface area contributed by atoms with Crippen molar-refractivity contribution >= 4 is 5.91 Å². The maximum Gasteiger partial charge on any atom is 0.253 e. The number of nitrogens with zero attached hydrogens (tertiary/aromatic N) is 4. The molecule has 25 heavy (non-hydrogen) atoms. The van der Waals surface area contributed by atoms with Gasteiger partial charge in [-0.25, -0.2) is 0 Å². The number of carbonyl (C=O) groups excluding carboxylic acids is 1. The largest absolute Gasteiger partial charge is 0.373 e. The van der Waals surface area contributed by atoms with Crippen molar-refractivity contribution in [3.8, 4) is 6.07 Å². The molecule has 2 aromatic heterocycles. The lowest BCUT2D eigenvalue weighted by Gasteiger charge is -2.39. The van der Waals surface area contributed by atoms with Crippen LogP contribution in [-0.4, -0.2) is 58.4 Å². The van der Waals surface area contributed by atoms with E-state index in [1.807, 2.05) is 30.9 Å². The summed E-state index contributed by atoms with van der Waals surface area (Å²) in [5, 5.41) is 16.1. The van der Waals surface area contributed by atoms with Gasteiger partial charge in [0.1, 0.15) is 11.8 Å². The molecule has 1 aliphatic heterocycles. The Balaban J connectivity index is 1.72. The van der Waals surface area contributed by atoms with Crippen LogP contribution in [0, 0.1) is 18.3 Å². The van der Waals surface area contributed by atoms with Crippen LogP contribution < -0.4 is 5.32 Å². The van der Waals surface area contributed by atoms with Crippen molar-refractivity contribution < 1.29 is 9.53 Å². The molecule has 0 bridgehead atoms. The molecule has 8 heteroatoms. The van der Waals surface area contributed by atoms with Gasteiger partial charge in [0, 0.05) is 32.0 Å². The summed E-state index contributed by atoms with van der Waals surface area (Å²) in [4.78, 5) is 17.6. The molecule has 2 aromatic rings. The lowest BCUT2D eigenvalue weighted by atomic mass is 10.0. The van der Waals surface area contributed by atoms with Crippen LogP contribution in [0.2, 0.25) is 0 Å². The van der Waals surface area contributed by atoms with Crippen LogP contribution in [0.25, 0.3) is 0 Å². The number of rotatable bonds is 4. The van der Waals surface area contributed by atoms with E-state index in [1.54, 1.807) is 19.2 Å². The minimum atomic E-state index is -0.212. The molecule has 3 rings (SSSR count). The van der Waals surface area contributed by atoms with E-state index in [0.29, 0.717) is 30.1 Å². The number of morpholine rings is 1. The molecule has 0 saturated carbocycles. The molecule has 8 nitrogen and oxygen atoms in total. The molecule has 3 heterocycles. The fraction of sp³-hybridized carbons (Fsp3) is 0.471. The minimum absolute atomic E-state index is 0.0172. The molecular weight excluding hydrogens is 320 g/mol. The molecule has 1 aliphatic rings. The zero-order chi connectivity index (χ0) is 18.0. The van der Waals surface area contributed by atoms with E-state index in [4.69, 9.17) is 10.00 Å². The van der Waals surface area contributed by atoms with Crippen molar-refractivity contribution in [2.75, 3.05) is 26.7 Å². The minimum Gasteiger partial charge on any atom is -0.373 e. The Morgan fingerprint density at radius 3 is 3.00 bits per heavy atom. The number of H-pyrrole nitrogens is 1. The summed E-state index contributed by atoms with van der Waals surface area (Å²) in [6, 6.07) is 5.57. The maximum atomic E-state index is 12.5. The van der Waals surface area contributed by atoms with Gasteiger partial charge in [-0.15, -0.1) is 0 Å². The van der Waals surface area contributed by atoms with Crippen molar-refractivity contribution in [3.05, 3.63) is 41.0 Å². The van der Waals surface area contributed by atoms with E-state index in [0.717, 1.165) is 12.2 Å². The van der Waals surface area contributed by atoms with Crippen molar-refractivity contribution in [1.82, 2.24) is 25.0 Å². The molecule has 0 aromatic carbocycles. The molecular formula is C17H22N6O2. The normalized spacial score (nSPS) is 21.0. The first-order valence-electron chi connectivity index (χ1n) is 8.19. The van der Waals surface area contributed by atoms with Gasteiger partial charge in [-0.3, -0.25) is 14.4 Å². The van der Waals surface area contributed by atoms with Crippen LogP contribution in [0.5, 0.6) is 0 Å². The maximum absolute atomic E-state index is 12.5. The first-order valence-corrected chi connectivity index (χ1v) is 8.19. The van der Waals surface area contributed by atoms with Crippen LogP contribution in [0.4, 0.5) is 0 Å². The van der Waals surface area contributed by atoms with E-state index in [-0.39, 0.29) is 18.1 Å². The molecule has 0 unspecified atom stereocenters. The molecule has 1 saturated heterocycles. The average molecular weight is 342 g/mol. The van der Waals surface area contributed by atoms with Crippen LogP contribution in [0.1, 0.15) is 33.5 Å². The van der Waals surface area contributed by atoms with Crippen molar-refractivity contribution in [2.24, 2.45) is 7.05 Å². The Labute approximate surface area is 146 Å². The third-order valence-electron chi connectivity index (χ3n) is 4.61. The van der Waals surface area contributed by atoms with Crippen molar-refractivity contribution in [3.63, 3.8) is 0 Å². The fourth-order valence-electron chi connectivity index (χ4n) is 3.27. The van der Waals surface area contributed by atoms with E-state index in [1.165, 1.54) is 0 Å². The van der Waals surface area contributed by atoms with E-state index >= 15 is 0 Å². The molecule has 2 N–H and O–H groups in total. The van der Waals surface area contributed by atoms with Crippen LogP contribution in [-0.2, 0) is 11.8 Å². The van der Waals surface area contributed by atoms with Gasteiger partial charge < -0.3 is 15.0 Å². The Morgan fingerprint density at radius 1 is 1.56 bits per heavy atom. The Bertz CT molecular complexity index is 802. The number of amides is 1. The van der Waals surface area contributed by atoms with Gasteiger partial charge in [0.25, 0.3) is 5.91 Å². The SMILES string of the molecule is Cc1[nH]c(C#N)cc1C(=O)NC[C@@H]1OCCN(C)[C@H]1c1ccnn1C. The summed E-state index contributed by atoms with van der Waals surface area (Å²) in [6.45, 7) is 3.60. The lowest BCUT2D eigenvalue weighted by molar-refractivity contribution is -0.0629. The second kappa shape index (κ2) is 7.09. The average Bonchev–Trinajstić information content (AvgIpc) is 3.18. The number of nitrogens with one attached hydrogen (secondary N) is 2. The topological polar surface area (TPSA) is 99.0 Å². The first-order chi connectivity index (χ1) is 12.0. The zero-order valence-corrected chi connectivity index (χ0v) is 14.6. The Morgan fingerprint density at radius 2 is 2.36 bits per heavy atom. The number of ether oxygens (including phenoxy) is 1. The lowest BCUT2D eigenvalue weighted by Crippen LogP contribution is -2.48. The van der Waals surface area contributed by atoms with Gasteiger partial charge >= 0.3 is 0 Å². The van der Waals surface area contributed by atoms with Gasteiger partial charge in [0.2, 0.25) is 0 Å². The number of carbonyl (C=O) groups is 1. The molecule has 1 amide bonds. The molecule has 1 fully saturated rings. The first kappa shape index (κ1) is 17.2. The second-order valence-electron chi connectivity index (χ2n) is 6.26. The van der Waals surface area contributed by atoms with Crippen LogP contribution in [0.15, 0.2) is 18.3 Å².